The van der Waals surface area contributed by atoms with Gasteiger partial charge in [0.05, 0.1) is 6.10 Å². The smallest absolute Gasteiger partial charge is 0.248 e. The minimum absolute atomic E-state index is 0.0412. The number of halogens is 2. The Labute approximate surface area is 98.1 Å². The molecule has 0 aliphatic heterocycles. The summed E-state index contributed by atoms with van der Waals surface area (Å²) in [4.78, 5) is 0. The van der Waals surface area contributed by atoms with Gasteiger partial charge >= 0.3 is 0 Å². The molecule has 1 fully saturated rings. The number of hydrogen-bond donors (Lipinski definition) is 1. The topological polar surface area (TPSA) is 20.2 Å². The van der Waals surface area contributed by atoms with Crippen molar-refractivity contribution in [3.8, 4) is 0 Å². The predicted octanol–water partition coefficient (Wildman–Crippen LogP) is 3.48. The molecule has 0 saturated heterocycles. The van der Waals surface area contributed by atoms with Gasteiger partial charge in [-0.25, -0.2) is 8.78 Å². The molecule has 1 aliphatic carbocycles. The minimum Gasteiger partial charge on any atom is -0.392 e. The Balaban J connectivity index is 1.85. The Morgan fingerprint density at radius 2 is 2.12 bits per heavy atom. The van der Waals surface area contributed by atoms with E-state index in [0.717, 1.165) is 5.56 Å². The maximum Gasteiger partial charge on any atom is 0.248 e. The first-order valence-corrected chi connectivity index (χ1v) is 6.58. The van der Waals surface area contributed by atoms with Crippen molar-refractivity contribution >= 4 is 11.3 Å². The lowest BCUT2D eigenvalue weighted by atomic mass is 9.82. The molecule has 1 atom stereocenters. The van der Waals surface area contributed by atoms with E-state index in [2.05, 4.69) is 0 Å². The molecule has 0 bridgehead atoms. The van der Waals surface area contributed by atoms with Crippen molar-refractivity contribution in [2.45, 2.75) is 44.1 Å². The van der Waals surface area contributed by atoms with Crippen LogP contribution in [0.15, 0.2) is 16.8 Å². The summed E-state index contributed by atoms with van der Waals surface area (Å²) in [6.07, 6.45) is 0.873. The molecule has 1 aliphatic rings. The van der Waals surface area contributed by atoms with Crippen molar-refractivity contribution in [2.24, 2.45) is 5.92 Å². The van der Waals surface area contributed by atoms with Gasteiger partial charge in [-0.2, -0.15) is 11.3 Å². The number of aliphatic hydroxyl groups excluding tert-OH is 1. The van der Waals surface area contributed by atoms with Gasteiger partial charge < -0.3 is 5.11 Å². The van der Waals surface area contributed by atoms with Crippen molar-refractivity contribution in [1.29, 1.82) is 0 Å². The third-order valence-electron chi connectivity index (χ3n) is 3.33. The average Bonchev–Trinajstić information content (AvgIpc) is 2.70. The van der Waals surface area contributed by atoms with Gasteiger partial charge in [0.1, 0.15) is 0 Å². The Morgan fingerprint density at radius 1 is 1.44 bits per heavy atom. The molecule has 1 N–H and O–H groups in total. The van der Waals surface area contributed by atoms with Gasteiger partial charge in [-0.05, 0) is 47.6 Å². The molecule has 1 nitrogen and oxygen atoms in total. The molecule has 1 aromatic heterocycles. The fraction of sp³-hybridized carbons (Fsp3) is 0.667. The van der Waals surface area contributed by atoms with E-state index in [1.165, 1.54) is 0 Å². The SMILES string of the molecule is OC(Cc1ccsc1)C1CCC(F)(F)CC1. The van der Waals surface area contributed by atoms with E-state index in [4.69, 9.17) is 0 Å². The third kappa shape index (κ3) is 3.01. The number of rotatable bonds is 3. The van der Waals surface area contributed by atoms with E-state index >= 15 is 0 Å². The van der Waals surface area contributed by atoms with Gasteiger partial charge in [0.25, 0.3) is 0 Å². The van der Waals surface area contributed by atoms with E-state index in [-0.39, 0.29) is 18.8 Å². The quantitative estimate of drug-likeness (QED) is 0.865. The Kier molecular flexibility index (Phi) is 3.60. The summed E-state index contributed by atoms with van der Waals surface area (Å²) in [5.41, 5.74) is 1.11. The van der Waals surface area contributed by atoms with E-state index in [1.54, 1.807) is 11.3 Å². The summed E-state index contributed by atoms with van der Waals surface area (Å²) in [7, 11) is 0. The van der Waals surface area contributed by atoms with Crippen LogP contribution in [-0.4, -0.2) is 17.1 Å². The van der Waals surface area contributed by atoms with Crippen LogP contribution in [-0.2, 0) is 6.42 Å². The number of alkyl halides is 2. The van der Waals surface area contributed by atoms with Crippen LogP contribution in [0.3, 0.4) is 0 Å². The zero-order chi connectivity index (χ0) is 11.6. The first-order chi connectivity index (χ1) is 7.57. The molecule has 0 radical (unpaired) electrons. The second-order valence-electron chi connectivity index (χ2n) is 4.60. The highest BCUT2D eigenvalue weighted by molar-refractivity contribution is 7.07. The molecule has 1 unspecified atom stereocenters. The molecule has 0 spiro atoms. The van der Waals surface area contributed by atoms with Crippen molar-refractivity contribution in [3.05, 3.63) is 22.4 Å². The van der Waals surface area contributed by atoms with Gasteiger partial charge in [-0.3, -0.25) is 0 Å². The van der Waals surface area contributed by atoms with Crippen LogP contribution in [0, 0.1) is 5.92 Å². The van der Waals surface area contributed by atoms with Gasteiger partial charge in [-0.15, -0.1) is 0 Å². The van der Waals surface area contributed by atoms with Crippen molar-refractivity contribution < 1.29 is 13.9 Å². The highest BCUT2D eigenvalue weighted by Gasteiger charge is 2.37. The fourth-order valence-electron chi connectivity index (χ4n) is 2.26. The van der Waals surface area contributed by atoms with Gasteiger partial charge in [0.15, 0.2) is 0 Å². The molecule has 1 aromatic rings. The molecular weight excluding hydrogens is 230 g/mol. The van der Waals surface area contributed by atoms with Crippen LogP contribution >= 0.6 is 11.3 Å². The zero-order valence-corrected chi connectivity index (χ0v) is 9.85. The minimum atomic E-state index is -2.50. The van der Waals surface area contributed by atoms with Crippen LogP contribution in [0.2, 0.25) is 0 Å². The van der Waals surface area contributed by atoms with E-state index in [9.17, 15) is 13.9 Å². The molecule has 2 rings (SSSR count). The summed E-state index contributed by atoms with van der Waals surface area (Å²) < 4.78 is 25.9. The maximum atomic E-state index is 12.9. The second-order valence-corrected chi connectivity index (χ2v) is 5.38. The summed E-state index contributed by atoms with van der Waals surface area (Å²) in [6.45, 7) is 0. The van der Waals surface area contributed by atoms with Gasteiger partial charge in [0.2, 0.25) is 5.92 Å². The average molecular weight is 246 g/mol. The molecular formula is C12H16F2OS. The highest BCUT2D eigenvalue weighted by atomic mass is 32.1. The number of hydrogen-bond acceptors (Lipinski definition) is 2. The first-order valence-electron chi connectivity index (χ1n) is 5.64. The van der Waals surface area contributed by atoms with Crippen LogP contribution in [0.25, 0.3) is 0 Å². The van der Waals surface area contributed by atoms with Crippen LogP contribution in [0.1, 0.15) is 31.2 Å². The first kappa shape index (κ1) is 12.0. The molecule has 16 heavy (non-hydrogen) atoms. The third-order valence-corrected chi connectivity index (χ3v) is 4.06. The van der Waals surface area contributed by atoms with Crippen LogP contribution in [0.4, 0.5) is 8.78 Å². The second kappa shape index (κ2) is 4.80. The molecule has 1 heterocycles. The van der Waals surface area contributed by atoms with Crippen molar-refractivity contribution in [1.82, 2.24) is 0 Å². The normalized spacial score (nSPS) is 23.2. The molecule has 0 amide bonds. The Bertz CT molecular complexity index is 314. The monoisotopic (exact) mass is 246 g/mol. The lowest BCUT2D eigenvalue weighted by Gasteiger charge is -2.31. The van der Waals surface area contributed by atoms with Crippen molar-refractivity contribution in [3.63, 3.8) is 0 Å². The highest BCUT2D eigenvalue weighted by Crippen LogP contribution is 2.38. The van der Waals surface area contributed by atoms with E-state index in [0.29, 0.717) is 19.3 Å². The summed E-state index contributed by atoms with van der Waals surface area (Å²) in [6, 6.07) is 1.98. The number of aliphatic hydroxyl groups is 1. The van der Waals surface area contributed by atoms with E-state index in [1.807, 2.05) is 16.8 Å². The predicted molar refractivity (Wildman–Crippen MR) is 60.9 cm³/mol. The van der Waals surface area contributed by atoms with E-state index < -0.39 is 12.0 Å². The standard InChI is InChI=1S/C12H16F2OS/c13-12(14)4-1-10(2-5-12)11(15)7-9-3-6-16-8-9/h3,6,8,10-11,15H,1-2,4-5,7H2. The van der Waals surface area contributed by atoms with Crippen LogP contribution < -0.4 is 0 Å². The lowest BCUT2D eigenvalue weighted by molar-refractivity contribution is -0.0619. The maximum absolute atomic E-state index is 12.9. The summed E-state index contributed by atoms with van der Waals surface area (Å²) in [5, 5.41) is 13.9. The van der Waals surface area contributed by atoms with Crippen LogP contribution in [0.5, 0.6) is 0 Å². The number of thiophene rings is 1. The van der Waals surface area contributed by atoms with Gasteiger partial charge in [0, 0.05) is 12.8 Å². The molecule has 90 valence electrons. The largest absolute Gasteiger partial charge is 0.392 e. The van der Waals surface area contributed by atoms with Gasteiger partial charge in [-0.1, -0.05) is 0 Å². The zero-order valence-electron chi connectivity index (χ0n) is 9.03. The Morgan fingerprint density at radius 3 is 2.69 bits per heavy atom. The Hall–Kier alpha value is -0.480. The lowest BCUT2D eigenvalue weighted by Crippen LogP contribution is -2.32. The molecule has 1 saturated carbocycles. The molecule has 4 heteroatoms. The molecule has 0 aromatic carbocycles. The summed E-state index contributed by atoms with van der Waals surface area (Å²) >= 11 is 1.60. The van der Waals surface area contributed by atoms with Crippen molar-refractivity contribution in [2.75, 3.05) is 0 Å². The fourth-order valence-corrected chi connectivity index (χ4v) is 2.95. The summed E-state index contributed by atoms with van der Waals surface area (Å²) in [5.74, 6) is -2.46.